The summed E-state index contributed by atoms with van der Waals surface area (Å²) in [6, 6.07) is 14.0. The molecule has 1 saturated heterocycles. The molecule has 0 saturated carbocycles. The number of ether oxygens (including phenoxy) is 2. The molecule has 1 aliphatic rings. The molecule has 3 rings (SSSR count). The Morgan fingerprint density at radius 1 is 0.920 bits per heavy atom. The van der Waals surface area contributed by atoms with Crippen LogP contribution >= 0.6 is 0 Å². The predicted octanol–water partition coefficient (Wildman–Crippen LogP) is 4.63. The zero-order valence-corrected chi connectivity index (χ0v) is 13.7. The van der Waals surface area contributed by atoms with E-state index in [0.29, 0.717) is 12.5 Å². The lowest BCUT2D eigenvalue weighted by atomic mass is 9.99. The van der Waals surface area contributed by atoms with E-state index in [1.165, 1.54) is 6.07 Å². The van der Waals surface area contributed by atoms with Crippen LogP contribution in [0.2, 0.25) is 0 Å². The lowest BCUT2D eigenvalue weighted by Crippen LogP contribution is -2.30. The third-order valence-corrected chi connectivity index (χ3v) is 4.21. The fraction of sp³-hybridized carbons (Fsp3) is 0.368. The Bertz CT molecular complexity index is 683. The molecule has 25 heavy (non-hydrogen) atoms. The molecule has 0 aliphatic carbocycles. The molecule has 0 spiro atoms. The molecule has 0 aromatic heterocycles. The summed E-state index contributed by atoms with van der Waals surface area (Å²) in [4.78, 5) is 0. The summed E-state index contributed by atoms with van der Waals surface area (Å²) in [7, 11) is 0. The third-order valence-electron chi connectivity index (χ3n) is 4.21. The van der Waals surface area contributed by atoms with Crippen molar-refractivity contribution in [2.45, 2.75) is 19.2 Å². The quantitative estimate of drug-likeness (QED) is 0.852. The second kappa shape index (κ2) is 7.78. The van der Waals surface area contributed by atoms with E-state index in [4.69, 9.17) is 4.74 Å². The molecule has 0 unspecified atom stereocenters. The van der Waals surface area contributed by atoms with Gasteiger partial charge in [0.25, 0.3) is 0 Å². The minimum Gasteiger partial charge on any atom is -0.489 e. The van der Waals surface area contributed by atoms with Crippen molar-refractivity contribution in [1.82, 2.24) is 5.32 Å². The summed E-state index contributed by atoms with van der Waals surface area (Å²) < 4.78 is 47.8. The summed E-state index contributed by atoms with van der Waals surface area (Å²) in [5, 5.41) is 3.26. The number of benzene rings is 2. The van der Waals surface area contributed by atoms with Gasteiger partial charge in [0, 0.05) is 0 Å². The van der Waals surface area contributed by atoms with Gasteiger partial charge in [0.05, 0.1) is 6.61 Å². The molecule has 134 valence electrons. The highest BCUT2D eigenvalue weighted by atomic mass is 19.4. The molecule has 1 aliphatic heterocycles. The van der Waals surface area contributed by atoms with Crippen LogP contribution in [0.4, 0.5) is 13.2 Å². The molecule has 0 atom stereocenters. The molecule has 2 aromatic carbocycles. The Labute approximate surface area is 144 Å². The van der Waals surface area contributed by atoms with Crippen molar-refractivity contribution in [3.63, 3.8) is 0 Å². The van der Waals surface area contributed by atoms with Gasteiger partial charge in [-0.1, -0.05) is 36.4 Å². The molecular formula is C19H20F3NO2. The van der Waals surface area contributed by atoms with E-state index >= 15 is 0 Å². The van der Waals surface area contributed by atoms with Crippen LogP contribution < -0.4 is 14.8 Å². The number of rotatable bonds is 5. The first kappa shape index (κ1) is 17.6. The fourth-order valence-electron chi connectivity index (χ4n) is 2.90. The first-order valence-corrected chi connectivity index (χ1v) is 8.30. The summed E-state index contributed by atoms with van der Waals surface area (Å²) in [5.41, 5.74) is 1.70. The smallest absolute Gasteiger partial charge is 0.489 e. The fourth-order valence-corrected chi connectivity index (χ4v) is 2.90. The van der Waals surface area contributed by atoms with Crippen LogP contribution in [0.1, 0.15) is 12.8 Å². The Kier molecular flexibility index (Phi) is 5.48. The van der Waals surface area contributed by atoms with E-state index in [0.717, 1.165) is 37.1 Å². The summed E-state index contributed by atoms with van der Waals surface area (Å²) in [6.07, 6.45) is -2.84. The van der Waals surface area contributed by atoms with Gasteiger partial charge >= 0.3 is 6.36 Å². The number of nitrogens with one attached hydrogen (secondary N) is 1. The van der Waals surface area contributed by atoms with Gasteiger partial charge in [0.1, 0.15) is 0 Å². The standard InChI is InChI=1S/C19H20F3NO2/c20-19(21,22)25-17-7-6-16(15-4-2-1-3-5-15)12-18(17)24-13-14-8-10-23-11-9-14/h1-7,12,14,23H,8-11,13H2. The van der Waals surface area contributed by atoms with E-state index in [2.05, 4.69) is 10.1 Å². The van der Waals surface area contributed by atoms with E-state index in [-0.39, 0.29) is 11.5 Å². The average molecular weight is 351 g/mol. The van der Waals surface area contributed by atoms with Crippen LogP contribution in [0, 0.1) is 5.92 Å². The van der Waals surface area contributed by atoms with E-state index in [1.54, 1.807) is 12.1 Å². The first-order chi connectivity index (χ1) is 12.0. The molecule has 2 aromatic rings. The highest BCUT2D eigenvalue weighted by molar-refractivity contribution is 5.67. The first-order valence-electron chi connectivity index (χ1n) is 8.30. The van der Waals surface area contributed by atoms with Crippen molar-refractivity contribution in [3.05, 3.63) is 48.5 Å². The highest BCUT2D eigenvalue weighted by Crippen LogP contribution is 2.36. The minimum absolute atomic E-state index is 0.122. The molecule has 6 heteroatoms. The van der Waals surface area contributed by atoms with E-state index < -0.39 is 6.36 Å². The Balaban J connectivity index is 1.82. The number of hydrogen-bond acceptors (Lipinski definition) is 3. The van der Waals surface area contributed by atoms with Gasteiger partial charge in [-0.25, -0.2) is 0 Å². The maximum absolute atomic E-state index is 12.7. The molecule has 1 fully saturated rings. The number of hydrogen-bond donors (Lipinski definition) is 1. The largest absolute Gasteiger partial charge is 0.573 e. The average Bonchev–Trinajstić information content (AvgIpc) is 2.61. The molecule has 0 amide bonds. The van der Waals surface area contributed by atoms with Crippen molar-refractivity contribution in [1.29, 1.82) is 0 Å². The Hall–Kier alpha value is -2.21. The molecule has 0 bridgehead atoms. The molecule has 3 nitrogen and oxygen atoms in total. The predicted molar refractivity (Wildman–Crippen MR) is 89.6 cm³/mol. The van der Waals surface area contributed by atoms with Gasteiger partial charge in [-0.3, -0.25) is 0 Å². The van der Waals surface area contributed by atoms with Crippen molar-refractivity contribution < 1.29 is 22.6 Å². The van der Waals surface area contributed by atoms with Gasteiger partial charge in [0.15, 0.2) is 11.5 Å². The Morgan fingerprint density at radius 2 is 1.64 bits per heavy atom. The summed E-state index contributed by atoms with van der Waals surface area (Å²) in [6.45, 7) is 2.20. The van der Waals surface area contributed by atoms with Gasteiger partial charge < -0.3 is 14.8 Å². The topological polar surface area (TPSA) is 30.5 Å². The van der Waals surface area contributed by atoms with Gasteiger partial charge in [-0.05, 0) is 55.1 Å². The van der Waals surface area contributed by atoms with Crippen molar-refractivity contribution in [3.8, 4) is 22.6 Å². The summed E-state index contributed by atoms with van der Waals surface area (Å²) >= 11 is 0. The Morgan fingerprint density at radius 3 is 2.32 bits per heavy atom. The van der Waals surface area contributed by atoms with Crippen LogP contribution in [0.25, 0.3) is 11.1 Å². The van der Waals surface area contributed by atoms with Gasteiger partial charge in [-0.2, -0.15) is 0 Å². The zero-order valence-electron chi connectivity index (χ0n) is 13.7. The second-order valence-corrected chi connectivity index (χ2v) is 6.08. The normalized spacial score (nSPS) is 15.8. The van der Waals surface area contributed by atoms with Crippen LogP contribution in [0.5, 0.6) is 11.5 Å². The SMILES string of the molecule is FC(F)(F)Oc1ccc(-c2ccccc2)cc1OCC1CCNCC1. The van der Waals surface area contributed by atoms with Crippen LogP contribution in [-0.2, 0) is 0 Å². The maximum Gasteiger partial charge on any atom is 0.573 e. The van der Waals surface area contributed by atoms with Crippen molar-refractivity contribution in [2.24, 2.45) is 5.92 Å². The lowest BCUT2D eigenvalue weighted by Gasteiger charge is -2.23. The van der Waals surface area contributed by atoms with Crippen molar-refractivity contribution >= 4 is 0 Å². The molecular weight excluding hydrogens is 331 g/mol. The monoisotopic (exact) mass is 351 g/mol. The van der Waals surface area contributed by atoms with E-state index in [9.17, 15) is 13.2 Å². The van der Waals surface area contributed by atoms with Crippen molar-refractivity contribution in [2.75, 3.05) is 19.7 Å². The third kappa shape index (κ3) is 5.13. The van der Waals surface area contributed by atoms with Crippen LogP contribution in [0.3, 0.4) is 0 Å². The molecule has 1 heterocycles. The van der Waals surface area contributed by atoms with Crippen LogP contribution in [-0.4, -0.2) is 26.1 Å². The van der Waals surface area contributed by atoms with E-state index in [1.807, 2.05) is 30.3 Å². The minimum atomic E-state index is -4.75. The number of piperidine rings is 1. The second-order valence-electron chi connectivity index (χ2n) is 6.08. The van der Waals surface area contributed by atoms with Crippen LogP contribution in [0.15, 0.2) is 48.5 Å². The maximum atomic E-state index is 12.7. The highest BCUT2D eigenvalue weighted by Gasteiger charge is 2.32. The number of alkyl halides is 3. The molecule has 1 N–H and O–H groups in total. The summed E-state index contributed by atoms with van der Waals surface area (Å²) in [5.74, 6) is 0.152. The molecule has 0 radical (unpaired) electrons. The lowest BCUT2D eigenvalue weighted by molar-refractivity contribution is -0.275. The zero-order chi connectivity index (χ0) is 17.7. The van der Waals surface area contributed by atoms with Gasteiger partial charge in [0.2, 0.25) is 0 Å². The number of halogens is 3. The van der Waals surface area contributed by atoms with Gasteiger partial charge in [-0.15, -0.1) is 13.2 Å².